The molecule has 4 rings (SSSR count). The van der Waals surface area contributed by atoms with Crippen molar-refractivity contribution in [1.82, 2.24) is 29.9 Å². The standard InChI is InChI=1S/C12H8ClFN4.C12H9ClN4/c1-7-10(14)5-3-8(18-7)2-4-9-11(13)16-6-17-12(9)15;1-8-3-2-4-9(17-8)5-6-10-11(13)15-7-16-12(10)14/h3,5-6H,1H3,(H2,15,16,17);2-4,7H,1H3,(H2,14,15,16). The lowest BCUT2D eigenvalue weighted by Gasteiger charge is -1.98. The van der Waals surface area contributed by atoms with Crippen molar-refractivity contribution in [2.45, 2.75) is 13.8 Å². The summed E-state index contributed by atoms with van der Waals surface area (Å²) in [6.45, 7) is 3.46. The van der Waals surface area contributed by atoms with Crippen LogP contribution in [0.1, 0.15) is 33.9 Å². The van der Waals surface area contributed by atoms with Crippen LogP contribution in [0.2, 0.25) is 10.3 Å². The summed E-state index contributed by atoms with van der Waals surface area (Å²) in [4.78, 5) is 23.4. The largest absolute Gasteiger partial charge is 0.383 e. The summed E-state index contributed by atoms with van der Waals surface area (Å²) in [6.07, 6.45) is 2.55. The molecule has 0 saturated heterocycles. The number of hydrogen-bond donors (Lipinski definition) is 2. The summed E-state index contributed by atoms with van der Waals surface area (Å²) < 4.78 is 13.0. The highest BCUT2D eigenvalue weighted by Gasteiger charge is 2.04. The average molecular weight is 507 g/mol. The van der Waals surface area contributed by atoms with Gasteiger partial charge in [0.05, 0.1) is 5.69 Å². The maximum Gasteiger partial charge on any atom is 0.150 e. The molecule has 0 radical (unpaired) electrons. The normalized spacial score (nSPS) is 9.63. The van der Waals surface area contributed by atoms with Crippen LogP contribution >= 0.6 is 23.2 Å². The maximum absolute atomic E-state index is 13.0. The van der Waals surface area contributed by atoms with Crippen molar-refractivity contribution in [2.75, 3.05) is 11.5 Å². The Bertz CT molecular complexity index is 1460. The van der Waals surface area contributed by atoms with Crippen molar-refractivity contribution in [1.29, 1.82) is 0 Å². The summed E-state index contributed by atoms with van der Waals surface area (Å²) in [5.41, 5.74) is 14.3. The topological polar surface area (TPSA) is 129 Å². The second-order valence-electron chi connectivity index (χ2n) is 6.78. The van der Waals surface area contributed by atoms with Crippen LogP contribution in [-0.2, 0) is 0 Å². The SMILES string of the molecule is Cc1cccc(C#Cc2c(N)ncnc2Cl)n1.Cc1nc(C#Cc2c(N)ncnc2Cl)ccc1F. The van der Waals surface area contributed by atoms with Crippen molar-refractivity contribution in [3.05, 3.63) is 93.0 Å². The number of rotatable bonds is 0. The molecule has 0 atom stereocenters. The molecule has 4 aromatic heterocycles. The Morgan fingerprint density at radius 1 is 0.714 bits per heavy atom. The van der Waals surface area contributed by atoms with E-state index in [1.54, 1.807) is 6.92 Å². The lowest BCUT2D eigenvalue weighted by atomic mass is 10.2. The molecule has 0 amide bonds. The summed E-state index contributed by atoms with van der Waals surface area (Å²) in [5.74, 6) is 11.3. The zero-order chi connectivity index (χ0) is 25.4. The summed E-state index contributed by atoms with van der Waals surface area (Å²) in [5, 5.41) is 0.423. The van der Waals surface area contributed by atoms with Gasteiger partial charge in [-0.05, 0) is 50.0 Å². The highest BCUT2D eigenvalue weighted by Crippen LogP contribution is 2.16. The van der Waals surface area contributed by atoms with Crippen LogP contribution in [0.15, 0.2) is 43.0 Å². The Labute approximate surface area is 211 Å². The number of pyridine rings is 2. The second kappa shape index (κ2) is 11.7. The second-order valence-corrected chi connectivity index (χ2v) is 7.49. The number of aromatic nitrogens is 6. The first-order chi connectivity index (χ1) is 16.7. The number of nitrogens with zero attached hydrogens (tertiary/aromatic N) is 6. The van der Waals surface area contributed by atoms with Gasteiger partial charge in [-0.2, -0.15) is 0 Å². The average Bonchev–Trinajstić information content (AvgIpc) is 2.81. The molecular weight excluding hydrogens is 490 g/mol. The van der Waals surface area contributed by atoms with E-state index < -0.39 is 0 Å². The molecule has 0 fully saturated rings. The third-order valence-electron chi connectivity index (χ3n) is 4.20. The minimum atomic E-state index is -0.374. The number of halogens is 3. The van der Waals surface area contributed by atoms with E-state index in [-0.39, 0.29) is 33.5 Å². The molecule has 35 heavy (non-hydrogen) atoms. The molecule has 0 aliphatic carbocycles. The number of nitrogens with two attached hydrogens (primary N) is 2. The van der Waals surface area contributed by atoms with E-state index in [4.69, 9.17) is 34.7 Å². The van der Waals surface area contributed by atoms with Crippen molar-refractivity contribution in [3.63, 3.8) is 0 Å². The zero-order valence-electron chi connectivity index (χ0n) is 18.5. The number of aryl methyl sites for hydroxylation is 2. The van der Waals surface area contributed by atoms with E-state index in [1.165, 1.54) is 24.8 Å². The van der Waals surface area contributed by atoms with Crippen molar-refractivity contribution in [2.24, 2.45) is 0 Å². The Kier molecular flexibility index (Phi) is 8.47. The number of hydrogen-bond acceptors (Lipinski definition) is 8. The number of anilines is 2. The molecule has 0 bridgehead atoms. The molecule has 0 saturated carbocycles. The molecule has 4 heterocycles. The molecule has 0 aliphatic heterocycles. The molecule has 0 aliphatic rings. The third-order valence-corrected chi connectivity index (χ3v) is 4.77. The van der Waals surface area contributed by atoms with E-state index >= 15 is 0 Å². The van der Waals surface area contributed by atoms with Gasteiger partial charge in [0.15, 0.2) is 0 Å². The lowest BCUT2D eigenvalue weighted by Crippen LogP contribution is -1.97. The van der Waals surface area contributed by atoms with Gasteiger partial charge in [-0.1, -0.05) is 41.1 Å². The highest BCUT2D eigenvalue weighted by molar-refractivity contribution is 6.31. The van der Waals surface area contributed by atoms with Gasteiger partial charge in [-0.3, -0.25) is 0 Å². The Balaban J connectivity index is 0.000000196. The van der Waals surface area contributed by atoms with E-state index in [9.17, 15) is 4.39 Å². The first-order valence-corrected chi connectivity index (χ1v) is 10.6. The molecule has 0 spiro atoms. The third kappa shape index (κ3) is 7.08. The molecule has 8 nitrogen and oxygen atoms in total. The van der Waals surface area contributed by atoms with Crippen LogP contribution in [0.3, 0.4) is 0 Å². The zero-order valence-corrected chi connectivity index (χ0v) is 20.0. The first kappa shape index (κ1) is 25.3. The van der Waals surface area contributed by atoms with Crippen molar-refractivity contribution >= 4 is 34.8 Å². The van der Waals surface area contributed by atoms with Crippen molar-refractivity contribution in [3.8, 4) is 23.7 Å². The van der Waals surface area contributed by atoms with Crippen LogP contribution in [0.25, 0.3) is 0 Å². The minimum absolute atomic E-state index is 0.175. The van der Waals surface area contributed by atoms with Gasteiger partial charge in [0.2, 0.25) is 0 Å². The Morgan fingerprint density at radius 3 is 1.74 bits per heavy atom. The summed E-state index contributed by atoms with van der Waals surface area (Å²) in [6, 6.07) is 8.38. The smallest absolute Gasteiger partial charge is 0.150 e. The van der Waals surface area contributed by atoms with Gasteiger partial charge >= 0.3 is 0 Å². The quantitative estimate of drug-likeness (QED) is 0.272. The summed E-state index contributed by atoms with van der Waals surface area (Å²) in [7, 11) is 0. The van der Waals surface area contributed by atoms with Crippen LogP contribution in [0, 0.1) is 43.3 Å². The van der Waals surface area contributed by atoms with Gasteiger partial charge in [0, 0.05) is 5.69 Å². The molecule has 0 aromatic carbocycles. The molecule has 4 aromatic rings. The predicted octanol–water partition coefficient (Wildman–Crippen LogP) is 3.77. The molecule has 11 heteroatoms. The van der Waals surface area contributed by atoms with E-state index in [1.807, 2.05) is 25.1 Å². The van der Waals surface area contributed by atoms with E-state index in [0.717, 1.165) is 5.69 Å². The van der Waals surface area contributed by atoms with Crippen LogP contribution in [0.4, 0.5) is 16.0 Å². The van der Waals surface area contributed by atoms with Gasteiger partial charge < -0.3 is 11.5 Å². The van der Waals surface area contributed by atoms with Crippen LogP contribution in [-0.4, -0.2) is 29.9 Å². The molecule has 0 unspecified atom stereocenters. The number of nitrogen functional groups attached to an aromatic ring is 2. The first-order valence-electron chi connectivity index (χ1n) is 9.87. The lowest BCUT2D eigenvalue weighted by molar-refractivity contribution is 0.609. The van der Waals surface area contributed by atoms with Crippen LogP contribution in [0.5, 0.6) is 0 Å². The maximum atomic E-state index is 13.0. The summed E-state index contributed by atoms with van der Waals surface area (Å²) >= 11 is 11.7. The van der Waals surface area contributed by atoms with Crippen molar-refractivity contribution < 1.29 is 4.39 Å². The van der Waals surface area contributed by atoms with E-state index in [0.29, 0.717) is 22.5 Å². The Hall–Kier alpha value is -4.31. The highest BCUT2D eigenvalue weighted by atomic mass is 35.5. The van der Waals surface area contributed by atoms with Gasteiger partial charge in [-0.25, -0.2) is 34.3 Å². The fourth-order valence-corrected chi connectivity index (χ4v) is 2.84. The van der Waals surface area contributed by atoms with Gasteiger partial charge in [-0.15, -0.1) is 0 Å². The van der Waals surface area contributed by atoms with E-state index in [2.05, 4.69) is 53.6 Å². The van der Waals surface area contributed by atoms with Gasteiger partial charge in [0.25, 0.3) is 0 Å². The Morgan fingerprint density at radius 2 is 1.26 bits per heavy atom. The molecule has 4 N–H and O–H groups in total. The van der Waals surface area contributed by atoms with Gasteiger partial charge in [0.1, 0.15) is 62.9 Å². The fraction of sp³-hybridized carbons (Fsp3) is 0.0833. The fourth-order valence-electron chi connectivity index (χ4n) is 2.46. The predicted molar refractivity (Wildman–Crippen MR) is 133 cm³/mol. The van der Waals surface area contributed by atoms with Crippen LogP contribution < -0.4 is 11.5 Å². The molecular formula is C24H17Cl2FN8. The molecule has 174 valence electrons. The minimum Gasteiger partial charge on any atom is -0.383 e. The monoisotopic (exact) mass is 506 g/mol.